The molecule has 0 spiro atoms. The van der Waals surface area contributed by atoms with Gasteiger partial charge in [-0.05, 0) is 25.3 Å². The van der Waals surface area contributed by atoms with Crippen LogP contribution in [0.1, 0.15) is 70.2 Å². The number of carbonyl (C=O) groups excluding carboxylic acids is 2. The van der Waals surface area contributed by atoms with E-state index < -0.39 is 30.1 Å². The van der Waals surface area contributed by atoms with Crippen LogP contribution < -0.4 is 16.4 Å². The average molecular weight is 471 g/mol. The maximum Gasteiger partial charge on any atom is 0.407 e. The number of amides is 2. The van der Waals surface area contributed by atoms with E-state index in [0.29, 0.717) is 19.4 Å². The molecule has 1 aromatic carbocycles. The van der Waals surface area contributed by atoms with Crippen LogP contribution in [-0.4, -0.2) is 39.6 Å². The molecule has 2 aromatic heterocycles. The second kappa shape index (κ2) is 11.6. The van der Waals surface area contributed by atoms with Crippen molar-refractivity contribution in [3.05, 3.63) is 71.6 Å². The van der Waals surface area contributed by atoms with Crippen molar-refractivity contribution in [2.75, 3.05) is 6.54 Å². The third kappa shape index (κ3) is 6.90. The van der Waals surface area contributed by atoms with Crippen LogP contribution in [-0.2, 0) is 11.3 Å². The predicted octanol–water partition coefficient (Wildman–Crippen LogP) is 2.56. The van der Waals surface area contributed by atoms with E-state index in [9.17, 15) is 14.4 Å². The fraction of sp³-hybridized carbons (Fsp3) is 0.318. The summed E-state index contributed by atoms with van der Waals surface area (Å²) in [7, 11) is 0. The van der Waals surface area contributed by atoms with Crippen molar-refractivity contribution in [1.82, 2.24) is 20.6 Å². The summed E-state index contributed by atoms with van der Waals surface area (Å²) >= 11 is 0. The molecule has 0 saturated heterocycles. The molecule has 2 amide bonds. The fourth-order valence-corrected chi connectivity index (χ4v) is 2.89. The molecule has 0 unspecified atom stereocenters. The Balaban J connectivity index is 1.39. The van der Waals surface area contributed by atoms with Crippen LogP contribution >= 0.6 is 0 Å². The van der Waals surface area contributed by atoms with Gasteiger partial charge in [0.2, 0.25) is 11.8 Å². The molecule has 0 radical (unpaired) electrons. The van der Waals surface area contributed by atoms with Crippen LogP contribution in [0.15, 0.2) is 51.7 Å². The van der Waals surface area contributed by atoms with E-state index in [1.807, 2.05) is 30.3 Å². The molecule has 0 saturated carbocycles. The normalized spacial score (nSPS) is 12.5. The number of nitrogens with two attached hydrogens (primary N) is 1. The number of carboxylic acid groups (broad SMARTS) is 1. The number of oxazole rings is 2. The molecular weight excluding hydrogens is 446 g/mol. The largest absolute Gasteiger partial charge is 0.476 e. The first-order chi connectivity index (χ1) is 16.3. The molecule has 0 bridgehead atoms. The summed E-state index contributed by atoms with van der Waals surface area (Å²) in [6, 6.07) is 8.07. The Morgan fingerprint density at radius 1 is 1.09 bits per heavy atom. The van der Waals surface area contributed by atoms with Crippen molar-refractivity contribution in [2.45, 2.75) is 38.5 Å². The number of rotatable bonds is 11. The van der Waals surface area contributed by atoms with Gasteiger partial charge in [-0.1, -0.05) is 30.3 Å². The number of aromatic carboxylic acids is 1. The summed E-state index contributed by atoms with van der Waals surface area (Å²) in [5.74, 6) is -1.58. The van der Waals surface area contributed by atoms with Crippen molar-refractivity contribution in [3.63, 3.8) is 0 Å². The number of nitrogens with one attached hydrogen (secondary N) is 2. The Hall–Kier alpha value is -4.19. The molecule has 180 valence electrons. The van der Waals surface area contributed by atoms with Gasteiger partial charge in [0, 0.05) is 6.54 Å². The van der Waals surface area contributed by atoms with E-state index in [1.165, 1.54) is 6.26 Å². The lowest BCUT2D eigenvalue weighted by molar-refractivity contribution is 0.0690. The first-order valence-corrected chi connectivity index (χ1v) is 10.5. The van der Waals surface area contributed by atoms with Crippen molar-refractivity contribution in [2.24, 2.45) is 5.73 Å². The van der Waals surface area contributed by atoms with Gasteiger partial charge in [0.05, 0.1) is 6.04 Å². The summed E-state index contributed by atoms with van der Waals surface area (Å²) in [6.45, 7) is 2.12. The van der Waals surface area contributed by atoms with Gasteiger partial charge in [0.15, 0.2) is 11.4 Å². The topological polar surface area (TPSA) is 183 Å². The average Bonchev–Trinajstić information content (AvgIpc) is 3.52. The number of aromatic nitrogens is 2. The lowest BCUT2D eigenvalue weighted by atomic mass is 10.1. The van der Waals surface area contributed by atoms with Crippen LogP contribution in [0.25, 0.3) is 0 Å². The van der Waals surface area contributed by atoms with Crippen molar-refractivity contribution >= 4 is 18.0 Å². The van der Waals surface area contributed by atoms with E-state index in [2.05, 4.69) is 20.6 Å². The number of carbonyl (C=O) groups is 3. The Morgan fingerprint density at radius 2 is 1.76 bits per heavy atom. The second-order valence-corrected chi connectivity index (χ2v) is 7.38. The fourth-order valence-electron chi connectivity index (χ4n) is 2.89. The van der Waals surface area contributed by atoms with Crippen molar-refractivity contribution in [3.8, 4) is 0 Å². The van der Waals surface area contributed by atoms with Crippen LogP contribution in [0.3, 0.4) is 0 Å². The molecule has 12 nitrogen and oxygen atoms in total. The first kappa shape index (κ1) is 24.5. The van der Waals surface area contributed by atoms with Gasteiger partial charge in [-0.2, -0.15) is 0 Å². The summed E-state index contributed by atoms with van der Waals surface area (Å²) in [5.41, 5.74) is 6.71. The summed E-state index contributed by atoms with van der Waals surface area (Å²) in [5, 5.41) is 14.1. The number of nitrogens with zero attached hydrogens (tertiary/aromatic N) is 2. The number of carboxylic acids is 1. The van der Waals surface area contributed by atoms with E-state index in [-0.39, 0.29) is 29.8 Å². The molecule has 0 aliphatic heterocycles. The molecule has 0 aliphatic rings. The lowest BCUT2D eigenvalue weighted by Crippen LogP contribution is -2.27. The minimum atomic E-state index is -1.23. The predicted molar refractivity (Wildman–Crippen MR) is 117 cm³/mol. The highest BCUT2D eigenvalue weighted by Gasteiger charge is 2.21. The Kier molecular flexibility index (Phi) is 8.35. The van der Waals surface area contributed by atoms with Crippen LogP contribution in [0.4, 0.5) is 4.79 Å². The zero-order valence-electron chi connectivity index (χ0n) is 18.4. The molecule has 5 N–H and O–H groups in total. The number of alkyl carbamates (subject to hydrolysis) is 1. The second-order valence-electron chi connectivity index (χ2n) is 7.38. The highest BCUT2D eigenvalue weighted by Crippen LogP contribution is 2.17. The lowest BCUT2D eigenvalue weighted by Gasteiger charge is -2.09. The minimum absolute atomic E-state index is 0.00456. The maximum absolute atomic E-state index is 12.4. The minimum Gasteiger partial charge on any atom is -0.476 e. The molecular formula is C22H25N5O7. The van der Waals surface area contributed by atoms with Gasteiger partial charge < -0.3 is 35.0 Å². The summed E-state index contributed by atoms with van der Waals surface area (Å²) in [6.07, 6.45) is 2.63. The highest BCUT2D eigenvalue weighted by atomic mass is 16.5. The monoisotopic (exact) mass is 471 g/mol. The van der Waals surface area contributed by atoms with E-state index in [1.54, 1.807) is 6.92 Å². The van der Waals surface area contributed by atoms with E-state index >= 15 is 0 Å². The highest BCUT2D eigenvalue weighted by molar-refractivity contribution is 5.92. The Labute approximate surface area is 194 Å². The van der Waals surface area contributed by atoms with Crippen LogP contribution in [0.5, 0.6) is 0 Å². The zero-order valence-corrected chi connectivity index (χ0v) is 18.4. The van der Waals surface area contributed by atoms with Crippen molar-refractivity contribution in [1.29, 1.82) is 0 Å². The van der Waals surface area contributed by atoms with Crippen molar-refractivity contribution < 1.29 is 33.1 Å². The van der Waals surface area contributed by atoms with E-state index in [4.69, 9.17) is 24.4 Å². The summed E-state index contributed by atoms with van der Waals surface area (Å²) in [4.78, 5) is 42.9. The third-order valence-electron chi connectivity index (χ3n) is 4.70. The summed E-state index contributed by atoms with van der Waals surface area (Å²) < 4.78 is 15.5. The Bertz CT molecular complexity index is 1110. The molecule has 34 heavy (non-hydrogen) atoms. The zero-order chi connectivity index (χ0) is 24.5. The molecule has 0 aliphatic carbocycles. The molecule has 12 heteroatoms. The van der Waals surface area contributed by atoms with Gasteiger partial charge >= 0.3 is 12.1 Å². The maximum atomic E-state index is 12.4. The molecule has 2 atom stereocenters. The van der Waals surface area contributed by atoms with Gasteiger partial charge in [-0.3, -0.25) is 4.79 Å². The molecule has 3 aromatic rings. The molecule has 2 heterocycles. The molecule has 0 fully saturated rings. The van der Waals surface area contributed by atoms with Gasteiger partial charge in [-0.25, -0.2) is 19.6 Å². The molecule has 3 rings (SSSR count). The van der Waals surface area contributed by atoms with Crippen LogP contribution in [0.2, 0.25) is 0 Å². The number of hydrogen-bond donors (Lipinski definition) is 4. The SMILES string of the molecule is C[C@H](NC(=O)c1coc([C@@H](N)CCCNC(=O)OCc2ccccc2)n1)c1nc(C(=O)O)co1. The smallest absolute Gasteiger partial charge is 0.407 e. The third-order valence-corrected chi connectivity index (χ3v) is 4.70. The standard InChI is InChI=1S/C22H25N5O7/c1-13(19-27-17(12-32-19)21(29)30)25-18(28)16-11-33-20(26-16)15(23)8-5-9-24-22(31)34-10-14-6-3-2-4-7-14/h2-4,6-7,11-13,15H,5,8-10,23H2,1H3,(H,24,31)(H,25,28)(H,29,30)/t13-,15-/m0/s1. The quantitative estimate of drug-likeness (QED) is 0.303. The number of benzene rings is 1. The Morgan fingerprint density at radius 3 is 2.47 bits per heavy atom. The van der Waals surface area contributed by atoms with Gasteiger partial charge in [0.25, 0.3) is 5.91 Å². The number of hydrogen-bond acceptors (Lipinski definition) is 9. The first-order valence-electron chi connectivity index (χ1n) is 10.5. The number of ether oxygens (including phenoxy) is 1. The van der Waals surface area contributed by atoms with Gasteiger partial charge in [-0.15, -0.1) is 0 Å². The van der Waals surface area contributed by atoms with Gasteiger partial charge in [0.1, 0.15) is 25.2 Å². The van der Waals surface area contributed by atoms with E-state index in [0.717, 1.165) is 11.8 Å². The van der Waals surface area contributed by atoms with Crippen LogP contribution in [0, 0.1) is 0 Å².